The van der Waals surface area contributed by atoms with E-state index in [2.05, 4.69) is 5.32 Å². The van der Waals surface area contributed by atoms with Crippen molar-refractivity contribution in [1.82, 2.24) is 10.2 Å². The van der Waals surface area contributed by atoms with Gasteiger partial charge in [-0.15, -0.1) is 0 Å². The van der Waals surface area contributed by atoms with Gasteiger partial charge in [-0.2, -0.15) is 0 Å². The molecule has 1 aliphatic heterocycles. The quantitative estimate of drug-likeness (QED) is 0.838. The van der Waals surface area contributed by atoms with Gasteiger partial charge in [0.15, 0.2) is 0 Å². The summed E-state index contributed by atoms with van der Waals surface area (Å²) in [6.45, 7) is 4.04. The topological polar surface area (TPSA) is 52.6 Å². The summed E-state index contributed by atoms with van der Waals surface area (Å²) in [5.41, 5.74) is 1.71. The average Bonchev–Trinajstić information content (AvgIpc) is 2.91. The first-order valence-electron chi connectivity index (χ1n) is 6.91. The van der Waals surface area contributed by atoms with Crippen LogP contribution in [0.4, 0.5) is 0 Å². The minimum absolute atomic E-state index is 0.00431. The Kier molecular flexibility index (Phi) is 4.93. The summed E-state index contributed by atoms with van der Waals surface area (Å²) in [6.07, 6.45) is 2.26. The highest BCUT2D eigenvalue weighted by Gasteiger charge is 2.22. The van der Waals surface area contributed by atoms with Gasteiger partial charge < -0.3 is 15.3 Å². The molecule has 1 heterocycles. The number of aliphatic hydroxyl groups excluding tert-OH is 1. The maximum absolute atomic E-state index is 12.5. The molecule has 0 bridgehead atoms. The fraction of sp³-hybridized carbons (Fsp3) is 0.533. The van der Waals surface area contributed by atoms with E-state index in [0.717, 1.165) is 30.5 Å². The molecular weight excluding hydrogens is 240 g/mol. The minimum atomic E-state index is 0.00431. The first kappa shape index (κ1) is 14.0. The van der Waals surface area contributed by atoms with Crippen molar-refractivity contribution in [3.63, 3.8) is 0 Å². The second-order valence-corrected chi connectivity index (χ2v) is 5.08. The molecule has 19 heavy (non-hydrogen) atoms. The lowest BCUT2D eigenvalue weighted by Crippen LogP contribution is -2.42. The molecule has 2 N–H and O–H groups in total. The summed E-state index contributed by atoms with van der Waals surface area (Å²) in [4.78, 5) is 14.3. The Morgan fingerprint density at radius 2 is 2.26 bits per heavy atom. The highest BCUT2D eigenvalue weighted by molar-refractivity contribution is 5.95. The molecule has 0 radical (unpaired) electrons. The van der Waals surface area contributed by atoms with Crippen molar-refractivity contribution < 1.29 is 9.90 Å². The Balaban J connectivity index is 2.09. The van der Waals surface area contributed by atoms with Crippen LogP contribution in [0.15, 0.2) is 24.3 Å². The lowest BCUT2D eigenvalue weighted by Gasteiger charge is -2.25. The van der Waals surface area contributed by atoms with Gasteiger partial charge in [0.2, 0.25) is 0 Å². The van der Waals surface area contributed by atoms with Gasteiger partial charge in [0, 0.05) is 24.7 Å². The standard InChI is InChI=1S/C15H22N2O2/c1-12-5-2-3-7-14(12)15(19)17(9-10-18)11-13-6-4-8-16-13/h2-3,5,7,13,16,18H,4,6,8-11H2,1H3. The van der Waals surface area contributed by atoms with Crippen LogP contribution in [0, 0.1) is 6.92 Å². The van der Waals surface area contributed by atoms with Gasteiger partial charge in [0.1, 0.15) is 0 Å². The molecule has 104 valence electrons. The first-order chi connectivity index (χ1) is 9.22. The van der Waals surface area contributed by atoms with Crippen LogP contribution in [0.3, 0.4) is 0 Å². The van der Waals surface area contributed by atoms with Gasteiger partial charge in [-0.3, -0.25) is 4.79 Å². The van der Waals surface area contributed by atoms with Gasteiger partial charge in [-0.1, -0.05) is 18.2 Å². The molecule has 1 aliphatic rings. The molecule has 1 saturated heterocycles. The number of carbonyl (C=O) groups excluding carboxylic acids is 1. The van der Waals surface area contributed by atoms with E-state index in [-0.39, 0.29) is 12.5 Å². The Morgan fingerprint density at radius 3 is 2.89 bits per heavy atom. The highest BCUT2D eigenvalue weighted by Crippen LogP contribution is 2.13. The molecule has 0 saturated carbocycles. The number of amides is 1. The summed E-state index contributed by atoms with van der Waals surface area (Å²) >= 11 is 0. The van der Waals surface area contributed by atoms with Crippen LogP contribution in [0.2, 0.25) is 0 Å². The van der Waals surface area contributed by atoms with Gasteiger partial charge in [0.25, 0.3) is 5.91 Å². The Labute approximate surface area is 114 Å². The molecule has 1 unspecified atom stereocenters. The third-order valence-electron chi connectivity index (χ3n) is 3.64. The fourth-order valence-corrected chi connectivity index (χ4v) is 2.56. The molecule has 1 aromatic rings. The Hall–Kier alpha value is -1.39. The molecular formula is C15H22N2O2. The molecule has 2 rings (SSSR count). The van der Waals surface area contributed by atoms with Crippen LogP contribution in [0.25, 0.3) is 0 Å². The SMILES string of the molecule is Cc1ccccc1C(=O)N(CCO)CC1CCCN1. The van der Waals surface area contributed by atoms with Crippen LogP contribution >= 0.6 is 0 Å². The number of aryl methyl sites for hydroxylation is 1. The molecule has 1 atom stereocenters. The van der Waals surface area contributed by atoms with Crippen molar-refractivity contribution in [2.24, 2.45) is 0 Å². The van der Waals surface area contributed by atoms with E-state index in [0.29, 0.717) is 19.1 Å². The van der Waals surface area contributed by atoms with Gasteiger partial charge in [0.05, 0.1) is 6.61 Å². The van der Waals surface area contributed by atoms with E-state index in [1.807, 2.05) is 31.2 Å². The van der Waals surface area contributed by atoms with Crippen molar-refractivity contribution >= 4 is 5.91 Å². The predicted molar refractivity (Wildman–Crippen MR) is 75.2 cm³/mol. The van der Waals surface area contributed by atoms with E-state index < -0.39 is 0 Å². The number of carbonyl (C=O) groups is 1. The van der Waals surface area contributed by atoms with Crippen molar-refractivity contribution in [1.29, 1.82) is 0 Å². The molecule has 4 nitrogen and oxygen atoms in total. The largest absolute Gasteiger partial charge is 0.395 e. The first-order valence-corrected chi connectivity index (χ1v) is 6.91. The zero-order valence-corrected chi connectivity index (χ0v) is 11.4. The van der Waals surface area contributed by atoms with Crippen molar-refractivity contribution in [3.05, 3.63) is 35.4 Å². The fourth-order valence-electron chi connectivity index (χ4n) is 2.56. The van der Waals surface area contributed by atoms with Gasteiger partial charge >= 0.3 is 0 Å². The lowest BCUT2D eigenvalue weighted by atomic mass is 10.1. The minimum Gasteiger partial charge on any atom is -0.395 e. The van der Waals surface area contributed by atoms with Crippen LogP contribution in [-0.4, -0.2) is 48.2 Å². The maximum atomic E-state index is 12.5. The monoisotopic (exact) mass is 262 g/mol. The summed E-state index contributed by atoms with van der Waals surface area (Å²) in [6, 6.07) is 7.97. The van der Waals surface area contributed by atoms with Crippen LogP contribution in [-0.2, 0) is 0 Å². The maximum Gasteiger partial charge on any atom is 0.254 e. The number of hydrogen-bond donors (Lipinski definition) is 2. The summed E-state index contributed by atoms with van der Waals surface area (Å²) < 4.78 is 0. The zero-order valence-electron chi connectivity index (χ0n) is 11.4. The van der Waals surface area contributed by atoms with E-state index in [4.69, 9.17) is 5.11 Å². The van der Waals surface area contributed by atoms with Gasteiger partial charge in [-0.25, -0.2) is 0 Å². The number of aliphatic hydroxyl groups is 1. The van der Waals surface area contributed by atoms with Crippen LogP contribution < -0.4 is 5.32 Å². The molecule has 1 fully saturated rings. The second kappa shape index (κ2) is 6.68. The summed E-state index contributed by atoms with van der Waals surface area (Å²) in [5, 5.41) is 12.6. The lowest BCUT2D eigenvalue weighted by molar-refractivity contribution is 0.0706. The van der Waals surface area contributed by atoms with E-state index in [9.17, 15) is 4.79 Å². The van der Waals surface area contributed by atoms with Gasteiger partial charge in [-0.05, 0) is 37.9 Å². The highest BCUT2D eigenvalue weighted by atomic mass is 16.3. The Bertz CT molecular complexity index is 428. The number of rotatable bonds is 5. The normalized spacial score (nSPS) is 18.5. The van der Waals surface area contributed by atoms with Crippen LogP contribution in [0.5, 0.6) is 0 Å². The molecule has 4 heteroatoms. The van der Waals surface area contributed by atoms with E-state index in [1.54, 1.807) is 4.90 Å². The molecule has 1 amide bonds. The van der Waals surface area contributed by atoms with Crippen molar-refractivity contribution in [3.8, 4) is 0 Å². The molecule has 0 spiro atoms. The van der Waals surface area contributed by atoms with Crippen molar-refractivity contribution in [2.75, 3.05) is 26.2 Å². The number of benzene rings is 1. The van der Waals surface area contributed by atoms with Crippen LogP contribution in [0.1, 0.15) is 28.8 Å². The third-order valence-corrected chi connectivity index (χ3v) is 3.64. The van der Waals surface area contributed by atoms with Crippen molar-refractivity contribution in [2.45, 2.75) is 25.8 Å². The summed E-state index contributed by atoms with van der Waals surface area (Å²) in [5.74, 6) is 0.0147. The smallest absolute Gasteiger partial charge is 0.254 e. The molecule has 1 aromatic carbocycles. The predicted octanol–water partition coefficient (Wildman–Crippen LogP) is 1.18. The second-order valence-electron chi connectivity index (χ2n) is 5.08. The Morgan fingerprint density at radius 1 is 1.47 bits per heavy atom. The van der Waals surface area contributed by atoms with E-state index >= 15 is 0 Å². The third kappa shape index (κ3) is 3.55. The average molecular weight is 262 g/mol. The number of hydrogen-bond acceptors (Lipinski definition) is 3. The number of nitrogens with one attached hydrogen (secondary N) is 1. The van der Waals surface area contributed by atoms with E-state index in [1.165, 1.54) is 0 Å². The summed E-state index contributed by atoms with van der Waals surface area (Å²) in [7, 11) is 0. The zero-order chi connectivity index (χ0) is 13.7. The number of nitrogens with zero attached hydrogens (tertiary/aromatic N) is 1. The molecule has 0 aromatic heterocycles. The molecule has 0 aliphatic carbocycles.